The molecule has 1 heterocycles. The third-order valence-electron chi connectivity index (χ3n) is 3.81. The van der Waals surface area contributed by atoms with Crippen LogP contribution in [0, 0.1) is 0 Å². The summed E-state index contributed by atoms with van der Waals surface area (Å²) in [6.07, 6.45) is 0. The van der Waals surface area contributed by atoms with E-state index in [-0.39, 0.29) is 27.5 Å². The van der Waals surface area contributed by atoms with Gasteiger partial charge in [-0.2, -0.15) is 0 Å². The lowest BCUT2D eigenvalue weighted by Crippen LogP contribution is -2.21. The Morgan fingerprint density at radius 1 is 0.958 bits per heavy atom. The Hall–Kier alpha value is -1.81. The number of pyridine rings is 1. The molecular weight excluding hydrogens is 369 g/mol. The largest absolute Gasteiger partial charge is 0.309 e. The molecule has 0 aliphatic rings. The summed E-state index contributed by atoms with van der Waals surface area (Å²) in [6.45, 7) is 2.36. The molecule has 6 heteroatoms. The van der Waals surface area contributed by atoms with E-state index >= 15 is 0 Å². The molecule has 24 heavy (non-hydrogen) atoms. The molecule has 0 aliphatic carbocycles. The molecule has 0 saturated heterocycles. The normalized spacial score (nSPS) is 11.0. The Kier molecular flexibility index (Phi) is 4.68. The molecule has 0 saturated carbocycles. The van der Waals surface area contributed by atoms with Crippen LogP contribution in [0.2, 0.25) is 15.1 Å². The maximum atomic E-state index is 12.9. The molecule has 2 aromatic carbocycles. The lowest BCUT2D eigenvalue weighted by molar-refractivity contribution is 0.104. The number of carbonyl (C=O) groups excluding carboxylic acids is 1. The number of carbonyl (C=O) groups is 1. The van der Waals surface area contributed by atoms with Crippen molar-refractivity contribution < 1.29 is 4.79 Å². The first-order valence-electron chi connectivity index (χ1n) is 7.25. The summed E-state index contributed by atoms with van der Waals surface area (Å²) in [4.78, 5) is 25.3. The fourth-order valence-corrected chi connectivity index (χ4v) is 3.36. The van der Waals surface area contributed by atoms with E-state index in [0.29, 0.717) is 27.5 Å². The zero-order chi connectivity index (χ0) is 17.4. The van der Waals surface area contributed by atoms with Gasteiger partial charge in [-0.1, -0.05) is 34.8 Å². The monoisotopic (exact) mass is 379 g/mol. The van der Waals surface area contributed by atoms with Gasteiger partial charge in [-0.05, 0) is 43.3 Å². The summed E-state index contributed by atoms with van der Waals surface area (Å²) >= 11 is 18.1. The topological polar surface area (TPSA) is 39.1 Å². The number of hydrogen-bond acceptors (Lipinski definition) is 2. The average molecular weight is 381 g/mol. The van der Waals surface area contributed by atoms with E-state index in [1.165, 1.54) is 12.1 Å². The van der Waals surface area contributed by atoms with E-state index in [1.807, 2.05) is 6.92 Å². The number of hydrogen-bond donors (Lipinski definition) is 0. The van der Waals surface area contributed by atoms with Gasteiger partial charge in [0.25, 0.3) is 5.56 Å². The van der Waals surface area contributed by atoms with E-state index in [1.54, 1.807) is 34.9 Å². The first kappa shape index (κ1) is 17.0. The summed E-state index contributed by atoms with van der Waals surface area (Å²) in [6, 6.07) is 11.1. The van der Waals surface area contributed by atoms with Gasteiger partial charge < -0.3 is 4.57 Å². The summed E-state index contributed by atoms with van der Waals surface area (Å²) < 4.78 is 1.59. The quantitative estimate of drug-likeness (QED) is 0.585. The van der Waals surface area contributed by atoms with Crippen LogP contribution in [0.3, 0.4) is 0 Å². The molecule has 0 atom stereocenters. The van der Waals surface area contributed by atoms with Crippen molar-refractivity contribution in [2.24, 2.45) is 0 Å². The fourth-order valence-electron chi connectivity index (χ4n) is 2.69. The van der Waals surface area contributed by atoms with Crippen LogP contribution in [-0.4, -0.2) is 10.4 Å². The van der Waals surface area contributed by atoms with Crippen molar-refractivity contribution in [3.05, 3.63) is 79.0 Å². The fraction of sp³-hybridized carbons (Fsp3) is 0.111. The molecule has 1 aromatic heterocycles. The van der Waals surface area contributed by atoms with E-state index < -0.39 is 0 Å². The Morgan fingerprint density at radius 3 is 2.29 bits per heavy atom. The highest BCUT2D eigenvalue weighted by Gasteiger charge is 2.18. The molecule has 0 aliphatic heterocycles. The summed E-state index contributed by atoms with van der Waals surface area (Å²) in [5.41, 5.74) is 0.964. The predicted molar refractivity (Wildman–Crippen MR) is 98.8 cm³/mol. The van der Waals surface area contributed by atoms with Gasteiger partial charge in [0.2, 0.25) is 0 Å². The number of aromatic nitrogens is 1. The van der Waals surface area contributed by atoms with Crippen LogP contribution in [0.4, 0.5) is 0 Å². The highest BCUT2D eigenvalue weighted by atomic mass is 35.5. The second-order valence-electron chi connectivity index (χ2n) is 5.26. The number of nitrogens with zero attached hydrogens (tertiary/aromatic N) is 1. The standard InChI is InChI=1S/C18H12Cl3NO2/c1-2-22-16-6-4-10(19)7-13(16)14(9-17(22)23)18(24)12-5-3-11(20)8-15(12)21/h3-9H,2H2,1H3. The van der Waals surface area contributed by atoms with Crippen molar-refractivity contribution >= 4 is 51.5 Å². The first-order chi connectivity index (χ1) is 11.4. The molecule has 0 N–H and O–H groups in total. The summed E-state index contributed by atoms with van der Waals surface area (Å²) in [7, 11) is 0. The number of halogens is 3. The lowest BCUT2D eigenvalue weighted by Gasteiger charge is -2.12. The molecular formula is C18H12Cl3NO2. The molecule has 3 aromatic rings. The molecule has 122 valence electrons. The molecule has 3 nitrogen and oxygen atoms in total. The Balaban J connectivity index is 2.31. The highest BCUT2D eigenvalue weighted by molar-refractivity contribution is 6.38. The molecule has 0 bridgehead atoms. The van der Waals surface area contributed by atoms with Gasteiger partial charge in [0.1, 0.15) is 0 Å². The number of rotatable bonds is 3. The van der Waals surface area contributed by atoms with Gasteiger partial charge in [-0.25, -0.2) is 0 Å². The van der Waals surface area contributed by atoms with Gasteiger partial charge >= 0.3 is 0 Å². The zero-order valence-electron chi connectivity index (χ0n) is 12.6. The third-order valence-corrected chi connectivity index (χ3v) is 4.59. The maximum absolute atomic E-state index is 12.9. The summed E-state index contributed by atoms with van der Waals surface area (Å²) in [5.74, 6) is -0.343. The van der Waals surface area contributed by atoms with Crippen molar-refractivity contribution in [3.63, 3.8) is 0 Å². The zero-order valence-corrected chi connectivity index (χ0v) is 14.9. The smallest absolute Gasteiger partial charge is 0.251 e. The second kappa shape index (κ2) is 6.60. The highest BCUT2D eigenvalue weighted by Crippen LogP contribution is 2.27. The van der Waals surface area contributed by atoms with E-state index in [0.717, 1.165) is 0 Å². The van der Waals surface area contributed by atoms with Crippen LogP contribution in [0.25, 0.3) is 10.9 Å². The average Bonchev–Trinajstić information content (AvgIpc) is 2.54. The maximum Gasteiger partial charge on any atom is 0.251 e. The van der Waals surface area contributed by atoms with Crippen molar-refractivity contribution in [1.29, 1.82) is 0 Å². The van der Waals surface area contributed by atoms with Crippen LogP contribution < -0.4 is 5.56 Å². The van der Waals surface area contributed by atoms with Gasteiger partial charge in [-0.15, -0.1) is 0 Å². The number of fused-ring (bicyclic) bond motifs is 1. The lowest BCUT2D eigenvalue weighted by atomic mass is 9.99. The SMILES string of the molecule is CCn1c(=O)cc(C(=O)c2ccc(Cl)cc2Cl)c2cc(Cl)ccc21. The minimum atomic E-state index is -0.343. The number of aryl methyl sites for hydroxylation is 1. The molecule has 0 unspecified atom stereocenters. The third kappa shape index (κ3) is 2.95. The van der Waals surface area contributed by atoms with Gasteiger partial charge in [0, 0.05) is 39.2 Å². The van der Waals surface area contributed by atoms with Gasteiger partial charge in [-0.3, -0.25) is 9.59 Å². The number of benzene rings is 2. The molecule has 0 amide bonds. The van der Waals surface area contributed by atoms with Gasteiger partial charge in [0.05, 0.1) is 10.5 Å². The Labute approximate surface area is 153 Å². The molecule has 3 rings (SSSR count). The van der Waals surface area contributed by atoms with Crippen LogP contribution >= 0.6 is 34.8 Å². The molecule has 0 spiro atoms. The van der Waals surface area contributed by atoms with Crippen molar-refractivity contribution in [3.8, 4) is 0 Å². The van der Waals surface area contributed by atoms with Crippen LogP contribution in [-0.2, 0) is 6.54 Å². The predicted octanol–water partition coefficient (Wildman–Crippen LogP) is 5.21. The summed E-state index contributed by atoms with van der Waals surface area (Å²) in [5, 5.41) is 1.77. The van der Waals surface area contributed by atoms with Crippen LogP contribution in [0.15, 0.2) is 47.3 Å². The Bertz CT molecular complexity index is 1020. The first-order valence-corrected chi connectivity index (χ1v) is 8.38. The van der Waals surface area contributed by atoms with Gasteiger partial charge in [0.15, 0.2) is 5.78 Å². The molecule has 0 radical (unpaired) electrons. The van der Waals surface area contributed by atoms with Crippen LogP contribution in [0.5, 0.6) is 0 Å². The second-order valence-corrected chi connectivity index (χ2v) is 6.54. The van der Waals surface area contributed by atoms with E-state index in [2.05, 4.69) is 0 Å². The number of ketones is 1. The molecule has 0 fully saturated rings. The minimum Gasteiger partial charge on any atom is -0.309 e. The van der Waals surface area contributed by atoms with E-state index in [9.17, 15) is 9.59 Å². The van der Waals surface area contributed by atoms with Crippen molar-refractivity contribution in [2.75, 3.05) is 0 Å². The Morgan fingerprint density at radius 2 is 1.62 bits per heavy atom. The van der Waals surface area contributed by atoms with Crippen molar-refractivity contribution in [1.82, 2.24) is 4.57 Å². The van der Waals surface area contributed by atoms with E-state index in [4.69, 9.17) is 34.8 Å². The van der Waals surface area contributed by atoms with Crippen molar-refractivity contribution in [2.45, 2.75) is 13.5 Å². The minimum absolute atomic E-state index is 0.238. The van der Waals surface area contributed by atoms with Crippen LogP contribution in [0.1, 0.15) is 22.8 Å².